The second-order valence-corrected chi connectivity index (χ2v) is 4.25. The summed E-state index contributed by atoms with van der Waals surface area (Å²) in [6.07, 6.45) is 3.25. The molecule has 0 radical (unpaired) electrons. The molecule has 88 valence electrons. The molecule has 2 rings (SSSR count). The van der Waals surface area contributed by atoms with E-state index in [1.807, 2.05) is 6.07 Å². The highest BCUT2D eigenvalue weighted by molar-refractivity contribution is 6.29. The van der Waals surface area contributed by atoms with E-state index in [0.717, 1.165) is 25.9 Å². The molecule has 1 aliphatic rings. The van der Waals surface area contributed by atoms with Crippen LogP contribution in [0.4, 0.5) is 0 Å². The molecule has 2 heterocycles. The fraction of sp³-hybridized carbons (Fsp3) is 0.455. The molecule has 1 aromatic rings. The highest BCUT2D eigenvalue weighted by Gasteiger charge is 2.28. The average molecular weight is 251 g/mol. The summed E-state index contributed by atoms with van der Waals surface area (Å²) >= 11 is 5.72. The van der Waals surface area contributed by atoms with Crippen molar-refractivity contribution < 1.29 is 4.79 Å². The number of carbonyl (C=O) groups is 1. The van der Waals surface area contributed by atoms with Crippen molar-refractivity contribution in [1.29, 1.82) is 5.26 Å². The van der Waals surface area contributed by atoms with Gasteiger partial charge in [-0.1, -0.05) is 11.6 Å². The van der Waals surface area contributed by atoms with Gasteiger partial charge in [-0.15, -0.1) is 0 Å². The van der Waals surface area contributed by atoms with Gasteiger partial charge in [-0.2, -0.15) is 5.26 Å². The molecular formula is C11H11ClN4O. The number of halogens is 1. The number of hydrogen-bond donors (Lipinski definition) is 0. The molecular weight excluding hydrogens is 240 g/mol. The summed E-state index contributed by atoms with van der Waals surface area (Å²) in [4.78, 5) is 21.5. The standard InChI is InChI=1S/C11H11ClN4O/c12-10-5-9(14-7-15-10)8(6-13)11(17)16-3-1-2-4-16/h5,7-8H,1-4H2. The van der Waals surface area contributed by atoms with E-state index in [-0.39, 0.29) is 11.1 Å². The van der Waals surface area contributed by atoms with E-state index in [2.05, 4.69) is 9.97 Å². The molecule has 0 bridgehead atoms. The molecule has 0 aromatic carbocycles. The molecule has 5 nitrogen and oxygen atoms in total. The van der Waals surface area contributed by atoms with Crippen molar-refractivity contribution in [2.45, 2.75) is 18.8 Å². The minimum Gasteiger partial charge on any atom is -0.341 e. The molecule has 0 N–H and O–H groups in total. The Morgan fingerprint density at radius 3 is 2.76 bits per heavy atom. The van der Waals surface area contributed by atoms with Gasteiger partial charge in [-0.3, -0.25) is 4.79 Å². The molecule has 0 aliphatic carbocycles. The zero-order valence-corrected chi connectivity index (χ0v) is 9.89. The van der Waals surface area contributed by atoms with E-state index in [9.17, 15) is 4.79 Å². The largest absolute Gasteiger partial charge is 0.341 e. The molecule has 1 fully saturated rings. The summed E-state index contributed by atoms with van der Waals surface area (Å²) in [7, 11) is 0. The van der Waals surface area contributed by atoms with E-state index >= 15 is 0 Å². The lowest BCUT2D eigenvalue weighted by atomic mass is 10.1. The van der Waals surface area contributed by atoms with Gasteiger partial charge < -0.3 is 4.90 Å². The van der Waals surface area contributed by atoms with Gasteiger partial charge in [0.05, 0.1) is 11.8 Å². The maximum Gasteiger partial charge on any atom is 0.246 e. The molecule has 1 atom stereocenters. The van der Waals surface area contributed by atoms with Crippen molar-refractivity contribution in [2.24, 2.45) is 0 Å². The zero-order chi connectivity index (χ0) is 12.3. The van der Waals surface area contributed by atoms with Crippen LogP contribution in [0.15, 0.2) is 12.4 Å². The fourth-order valence-electron chi connectivity index (χ4n) is 1.87. The predicted octanol–water partition coefficient (Wildman–Crippen LogP) is 1.36. The molecule has 1 unspecified atom stereocenters. The summed E-state index contributed by atoms with van der Waals surface area (Å²) < 4.78 is 0. The Kier molecular flexibility index (Phi) is 3.55. The number of aromatic nitrogens is 2. The van der Waals surface area contributed by atoms with E-state index in [1.165, 1.54) is 12.4 Å². The number of rotatable bonds is 2. The third kappa shape index (κ3) is 2.53. The lowest BCUT2D eigenvalue weighted by molar-refractivity contribution is -0.130. The van der Waals surface area contributed by atoms with Crippen LogP contribution >= 0.6 is 11.6 Å². The monoisotopic (exact) mass is 250 g/mol. The van der Waals surface area contributed by atoms with Crippen LogP contribution < -0.4 is 0 Å². The van der Waals surface area contributed by atoms with Crippen LogP contribution in [0.1, 0.15) is 24.5 Å². The van der Waals surface area contributed by atoms with E-state index in [1.54, 1.807) is 4.90 Å². The summed E-state index contributed by atoms with van der Waals surface area (Å²) in [6.45, 7) is 1.44. The first-order valence-corrected chi connectivity index (χ1v) is 5.76. The first-order valence-electron chi connectivity index (χ1n) is 5.38. The van der Waals surface area contributed by atoms with Gasteiger partial charge in [0.2, 0.25) is 5.91 Å². The quantitative estimate of drug-likeness (QED) is 0.743. The van der Waals surface area contributed by atoms with Crippen LogP contribution in [0.25, 0.3) is 0 Å². The van der Waals surface area contributed by atoms with Crippen LogP contribution in [0.2, 0.25) is 5.15 Å². The third-order valence-corrected chi connectivity index (χ3v) is 2.95. The number of carbonyl (C=O) groups excluding carboxylic acids is 1. The van der Waals surface area contributed by atoms with Gasteiger partial charge in [0.25, 0.3) is 0 Å². The Hall–Kier alpha value is -1.67. The first kappa shape index (κ1) is 11.8. The Bertz CT molecular complexity index is 465. The first-order chi connectivity index (χ1) is 8.22. The maximum absolute atomic E-state index is 12.1. The van der Waals surface area contributed by atoms with Crippen molar-refractivity contribution in [3.05, 3.63) is 23.2 Å². The normalized spacial score (nSPS) is 16.6. The third-order valence-electron chi connectivity index (χ3n) is 2.74. The average Bonchev–Trinajstić information content (AvgIpc) is 2.83. The highest BCUT2D eigenvalue weighted by Crippen LogP contribution is 2.20. The Morgan fingerprint density at radius 2 is 2.18 bits per heavy atom. The van der Waals surface area contributed by atoms with Crippen molar-refractivity contribution in [3.8, 4) is 6.07 Å². The lowest BCUT2D eigenvalue weighted by Crippen LogP contribution is -2.32. The van der Waals surface area contributed by atoms with Gasteiger partial charge in [0, 0.05) is 13.1 Å². The van der Waals surface area contributed by atoms with Crippen molar-refractivity contribution >= 4 is 17.5 Å². The highest BCUT2D eigenvalue weighted by atomic mass is 35.5. The molecule has 17 heavy (non-hydrogen) atoms. The number of hydrogen-bond acceptors (Lipinski definition) is 4. The molecule has 1 saturated heterocycles. The minimum atomic E-state index is -0.881. The van der Waals surface area contributed by atoms with E-state index in [0.29, 0.717) is 5.69 Å². The van der Waals surface area contributed by atoms with E-state index < -0.39 is 5.92 Å². The Labute approximate surface area is 104 Å². The van der Waals surface area contributed by atoms with Crippen molar-refractivity contribution in [3.63, 3.8) is 0 Å². The van der Waals surface area contributed by atoms with Crippen LogP contribution in [0, 0.1) is 11.3 Å². The van der Waals surface area contributed by atoms with Crippen molar-refractivity contribution in [1.82, 2.24) is 14.9 Å². The number of amides is 1. The van der Waals surface area contributed by atoms with Crippen molar-refractivity contribution in [2.75, 3.05) is 13.1 Å². The fourth-order valence-corrected chi connectivity index (χ4v) is 2.03. The molecule has 1 amide bonds. The SMILES string of the molecule is N#CC(C(=O)N1CCCC1)c1cc(Cl)ncn1. The van der Waals surface area contributed by atoms with Gasteiger partial charge in [-0.25, -0.2) is 9.97 Å². The zero-order valence-electron chi connectivity index (χ0n) is 9.14. The maximum atomic E-state index is 12.1. The summed E-state index contributed by atoms with van der Waals surface area (Å²) in [5, 5.41) is 9.34. The van der Waals surface area contributed by atoms with Gasteiger partial charge in [-0.05, 0) is 18.9 Å². The van der Waals surface area contributed by atoms with Crippen LogP contribution in [0.5, 0.6) is 0 Å². The molecule has 0 saturated carbocycles. The molecule has 0 spiro atoms. The van der Waals surface area contributed by atoms with Gasteiger partial charge >= 0.3 is 0 Å². The topological polar surface area (TPSA) is 69.9 Å². The lowest BCUT2D eigenvalue weighted by Gasteiger charge is -2.18. The number of nitriles is 1. The van der Waals surface area contributed by atoms with Gasteiger partial charge in [0.1, 0.15) is 11.5 Å². The van der Waals surface area contributed by atoms with Crippen LogP contribution in [-0.4, -0.2) is 33.9 Å². The summed E-state index contributed by atoms with van der Waals surface area (Å²) in [5.41, 5.74) is 0.365. The van der Waals surface area contributed by atoms with Crippen LogP contribution in [-0.2, 0) is 4.79 Å². The van der Waals surface area contributed by atoms with Crippen LogP contribution in [0.3, 0.4) is 0 Å². The molecule has 1 aromatic heterocycles. The second kappa shape index (κ2) is 5.11. The summed E-state index contributed by atoms with van der Waals surface area (Å²) in [6, 6.07) is 3.44. The smallest absolute Gasteiger partial charge is 0.246 e. The predicted molar refractivity (Wildman–Crippen MR) is 61.2 cm³/mol. The Balaban J connectivity index is 2.21. The van der Waals surface area contributed by atoms with E-state index in [4.69, 9.17) is 16.9 Å². The molecule has 1 aliphatic heterocycles. The summed E-state index contributed by atoms with van der Waals surface area (Å²) in [5.74, 6) is -1.08. The van der Waals surface area contributed by atoms with Gasteiger partial charge in [0.15, 0.2) is 5.92 Å². The molecule has 6 heteroatoms. The number of likely N-dealkylation sites (tertiary alicyclic amines) is 1. The minimum absolute atomic E-state index is 0.195. The Morgan fingerprint density at radius 1 is 1.47 bits per heavy atom. The second-order valence-electron chi connectivity index (χ2n) is 3.86. The number of nitrogens with zero attached hydrogens (tertiary/aromatic N) is 4.